The van der Waals surface area contributed by atoms with Gasteiger partial charge < -0.3 is 15.5 Å². The highest BCUT2D eigenvalue weighted by Gasteiger charge is 2.20. The van der Waals surface area contributed by atoms with Gasteiger partial charge in [-0.3, -0.25) is 4.79 Å². The van der Waals surface area contributed by atoms with Crippen LogP contribution in [0.4, 0.5) is 0 Å². The average Bonchev–Trinajstić information content (AvgIpc) is 2.22. The fourth-order valence-corrected chi connectivity index (χ4v) is 1.92. The Morgan fingerprint density at radius 3 is 2.47 bits per heavy atom. The van der Waals surface area contributed by atoms with Crippen LogP contribution in [0.25, 0.3) is 0 Å². The molecule has 0 spiro atoms. The second-order valence-corrected chi connectivity index (χ2v) is 4.25. The van der Waals surface area contributed by atoms with Crippen LogP contribution in [0.2, 0.25) is 0 Å². The summed E-state index contributed by atoms with van der Waals surface area (Å²) in [7, 11) is 0. The second kappa shape index (κ2) is 6.80. The van der Waals surface area contributed by atoms with E-state index in [1.807, 2.05) is 0 Å². The molecule has 88 valence electrons. The third-order valence-electron chi connectivity index (χ3n) is 2.87. The summed E-state index contributed by atoms with van der Waals surface area (Å²) in [6, 6.07) is 0.245. The van der Waals surface area contributed by atoms with E-state index in [0.29, 0.717) is 12.8 Å². The minimum Gasteiger partial charge on any atom is -0.396 e. The Hall–Kier alpha value is -0.610. The Labute approximate surface area is 90.7 Å². The van der Waals surface area contributed by atoms with Crippen molar-refractivity contribution in [2.75, 3.05) is 6.61 Å². The zero-order valence-electron chi connectivity index (χ0n) is 9.11. The van der Waals surface area contributed by atoms with Crippen molar-refractivity contribution in [3.05, 3.63) is 0 Å². The highest BCUT2D eigenvalue weighted by atomic mass is 16.3. The molecule has 1 saturated carbocycles. The van der Waals surface area contributed by atoms with E-state index in [2.05, 4.69) is 5.32 Å². The van der Waals surface area contributed by atoms with Crippen molar-refractivity contribution in [1.82, 2.24) is 5.32 Å². The number of amides is 1. The van der Waals surface area contributed by atoms with Gasteiger partial charge in [0, 0.05) is 19.1 Å². The van der Waals surface area contributed by atoms with Crippen LogP contribution in [-0.2, 0) is 4.79 Å². The van der Waals surface area contributed by atoms with Crippen molar-refractivity contribution in [3.63, 3.8) is 0 Å². The van der Waals surface area contributed by atoms with E-state index >= 15 is 0 Å². The summed E-state index contributed by atoms with van der Waals surface area (Å²) in [6.07, 6.45) is 5.12. The molecule has 4 nitrogen and oxygen atoms in total. The third-order valence-corrected chi connectivity index (χ3v) is 2.87. The number of carbonyl (C=O) groups is 1. The number of hydrogen-bond acceptors (Lipinski definition) is 3. The van der Waals surface area contributed by atoms with E-state index in [-0.39, 0.29) is 24.7 Å². The van der Waals surface area contributed by atoms with Gasteiger partial charge in [-0.05, 0) is 38.5 Å². The van der Waals surface area contributed by atoms with Crippen LogP contribution in [0.15, 0.2) is 0 Å². The third kappa shape index (κ3) is 5.14. The largest absolute Gasteiger partial charge is 0.396 e. The molecule has 15 heavy (non-hydrogen) atoms. The van der Waals surface area contributed by atoms with Crippen molar-refractivity contribution < 1.29 is 15.0 Å². The first-order valence-corrected chi connectivity index (χ1v) is 5.80. The predicted molar refractivity (Wildman–Crippen MR) is 57.3 cm³/mol. The number of carbonyl (C=O) groups excluding carboxylic acids is 1. The fourth-order valence-electron chi connectivity index (χ4n) is 1.92. The summed E-state index contributed by atoms with van der Waals surface area (Å²) in [5, 5.41) is 20.8. The van der Waals surface area contributed by atoms with Gasteiger partial charge in [0.1, 0.15) is 0 Å². The molecule has 1 aliphatic rings. The quantitative estimate of drug-likeness (QED) is 0.587. The zero-order chi connectivity index (χ0) is 11.1. The van der Waals surface area contributed by atoms with Crippen LogP contribution in [0.5, 0.6) is 0 Å². The second-order valence-electron chi connectivity index (χ2n) is 4.25. The molecular weight excluding hydrogens is 194 g/mol. The van der Waals surface area contributed by atoms with Crippen molar-refractivity contribution >= 4 is 5.91 Å². The van der Waals surface area contributed by atoms with Crippen molar-refractivity contribution in [2.45, 2.75) is 57.1 Å². The van der Waals surface area contributed by atoms with Crippen LogP contribution in [0, 0.1) is 0 Å². The van der Waals surface area contributed by atoms with Gasteiger partial charge in [0.2, 0.25) is 5.91 Å². The predicted octanol–water partition coefficient (Wildman–Crippen LogP) is 0.569. The average molecular weight is 215 g/mol. The zero-order valence-corrected chi connectivity index (χ0v) is 9.11. The smallest absolute Gasteiger partial charge is 0.220 e. The maximum atomic E-state index is 11.4. The van der Waals surface area contributed by atoms with Gasteiger partial charge in [0.15, 0.2) is 0 Å². The van der Waals surface area contributed by atoms with E-state index in [0.717, 1.165) is 32.1 Å². The molecule has 0 aliphatic heterocycles. The fraction of sp³-hybridized carbons (Fsp3) is 0.909. The number of unbranched alkanes of at least 4 members (excludes halogenated alkanes) is 1. The Bertz CT molecular complexity index is 188. The lowest BCUT2D eigenvalue weighted by Gasteiger charge is -2.26. The van der Waals surface area contributed by atoms with Gasteiger partial charge in [-0.2, -0.15) is 0 Å². The van der Waals surface area contributed by atoms with Gasteiger partial charge in [0.05, 0.1) is 6.10 Å². The highest BCUT2D eigenvalue weighted by molar-refractivity contribution is 5.76. The molecule has 0 aromatic carbocycles. The first-order valence-electron chi connectivity index (χ1n) is 5.80. The summed E-state index contributed by atoms with van der Waals surface area (Å²) in [6.45, 7) is 0.156. The lowest BCUT2D eigenvalue weighted by atomic mass is 9.93. The monoisotopic (exact) mass is 215 g/mol. The molecule has 4 heteroatoms. The molecule has 0 atom stereocenters. The molecule has 0 aromatic rings. The summed E-state index contributed by atoms with van der Waals surface area (Å²) >= 11 is 0. The van der Waals surface area contributed by atoms with Gasteiger partial charge in [0.25, 0.3) is 0 Å². The number of aliphatic hydroxyl groups excluding tert-OH is 2. The molecule has 1 amide bonds. The summed E-state index contributed by atoms with van der Waals surface area (Å²) in [5.74, 6) is 0.0739. The summed E-state index contributed by atoms with van der Waals surface area (Å²) in [4.78, 5) is 11.4. The molecule has 0 heterocycles. The molecule has 1 fully saturated rings. The lowest BCUT2D eigenvalue weighted by molar-refractivity contribution is -0.122. The normalized spacial score (nSPS) is 26.3. The topological polar surface area (TPSA) is 69.6 Å². The Kier molecular flexibility index (Phi) is 5.65. The lowest BCUT2D eigenvalue weighted by Crippen LogP contribution is -2.38. The van der Waals surface area contributed by atoms with E-state index < -0.39 is 0 Å². The SMILES string of the molecule is O=C(CCCCO)NC1CCC(O)CC1. The summed E-state index contributed by atoms with van der Waals surface area (Å²) in [5.41, 5.74) is 0. The molecule has 1 aliphatic carbocycles. The first kappa shape index (κ1) is 12.5. The minimum absolute atomic E-state index is 0.0739. The van der Waals surface area contributed by atoms with Crippen LogP contribution in [0.1, 0.15) is 44.9 Å². The molecule has 1 rings (SSSR count). The molecule has 0 saturated heterocycles. The van der Waals surface area contributed by atoms with E-state index in [1.54, 1.807) is 0 Å². The highest BCUT2D eigenvalue weighted by Crippen LogP contribution is 2.18. The van der Waals surface area contributed by atoms with Crippen LogP contribution >= 0.6 is 0 Å². The first-order chi connectivity index (χ1) is 7.22. The molecule has 0 radical (unpaired) electrons. The molecule has 0 aromatic heterocycles. The molecule has 3 N–H and O–H groups in total. The van der Waals surface area contributed by atoms with Gasteiger partial charge in [-0.15, -0.1) is 0 Å². The van der Waals surface area contributed by atoms with Crippen molar-refractivity contribution in [2.24, 2.45) is 0 Å². The Balaban J connectivity index is 2.09. The number of nitrogens with one attached hydrogen (secondary N) is 1. The number of hydrogen-bond donors (Lipinski definition) is 3. The number of rotatable bonds is 5. The van der Waals surface area contributed by atoms with Gasteiger partial charge in [-0.25, -0.2) is 0 Å². The van der Waals surface area contributed by atoms with E-state index in [9.17, 15) is 9.90 Å². The van der Waals surface area contributed by atoms with Crippen LogP contribution in [0.3, 0.4) is 0 Å². The number of aliphatic hydroxyl groups is 2. The van der Waals surface area contributed by atoms with Gasteiger partial charge >= 0.3 is 0 Å². The minimum atomic E-state index is -0.174. The Morgan fingerprint density at radius 1 is 1.20 bits per heavy atom. The van der Waals surface area contributed by atoms with Gasteiger partial charge in [-0.1, -0.05) is 0 Å². The summed E-state index contributed by atoms with van der Waals surface area (Å²) < 4.78 is 0. The molecular formula is C11H21NO3. The molecule has 0 unspecified atom stereocenters. The molecule has 0 bridgehead atoms. The standard InChI is InChI=1S/C11H21NO3/c13-8-2-1-3-11(15)12-9-4-6-10(14)7-5-9/h9-10,13-14H,1-8H2,(H,12,15). The van der Waals surface area contributed by atoms with E-state index in [1.165, 1.54) is 0 Å². The Morgan fingerprint density at radius 2 is 1.87 bits per heavy atom. The maximum Gasteiger partial charge on any atom is 0.220 e. The maximum absolute atomic E-state index is 11.4. The van der Waals surface area contributed by atoms with Crippen molar-refractivity contribution in [3.8, 4) is 0 Å². The van der Waals surface area contributed by atoms with Crippen molar-refractivity contribution in [1.29, 1.82) is 0 Å². The van der Waals surface area contributed by atoms with E-state index in [4.69, 9.17) is 5.11 Å². The van der Waals surface area contributed by atoms with Crippen LogP contribution < -0.4 is 5.32 Å². The van der Waals surface area contributed by atoms with Crippen LogP contribution in [-0.4, -0.2) is 34.9 Å².